The van der Waals surface area contributed by atoms with Crippen molar-refractivity contribution in [3.05, 3.63) is 29.6 Å². The number of benzene rings is 1. The molecule has 0 aromatic heterocycles. The fourth-order valence-electron chi connectivity index (χ4n) is 3.82. The molecular weight excluding hydrogens is 269 g/mol. The van der Waals surface area contributed by atoms with Gasteiger partial charge in [-0.15, -0.1) is 0 Å². The summed E-state index contributed by atoms with van der Waals surface area (Å²) in [6.45, 7) is 6.40. The smallest absolute Gasteiger partial charge is 0.189 e. The maximum Gasteiger partial charge on any atom is 0.189 e. The van der Waals surface area contributed by atoms with Gasteiger partial charge in [-0.05, 0) is 47.9 Å². The van der Waals surface area contributed by atoms with Crippen molar-refractivity contribution in [2.24, 2.45) is 22.1 Å². The van der Waals surface area contributed by atoms with Gasteiger partial charge >= 0.3 is 0 Å². The molecule has 1 aliphatic carbocycles. The van der Waals surface area contributed by atoms with Crippen LogP contribution < -0.4 is 15.8 Å². The Balaban J connectivity index is 1.93. The Labute approximate surface area is 124 Å². The van der Waals surface area contributed by atoms with Crippen LogP contribution in [0.2, 0.25) is 0 Å². The minimum atomic E-state index is -0.174. The number of aliphatic imine (C=N–C) groups is 1. The van der Waals surface area contributed by atoms with Crippen LogP contribution in [0, 0.1) is 17.2 Å². The van der Waals surface area contributed by atoms with Gasteiger partial charge in [0, 0.05) is 6.04 Å². The number of nitrogens with zero attached hydrogens (tertiary/aromatic N) is 1. The molecule has 0 radical (unpaired) electrons. The van der Waals surface area contributed by atoms with Crippen LogP contribution in [0.1, 0.15) is 32.3 Å². The summed E-state index contributed by atoms with van der Waals surface area (Å²) in [5, 5.41) is 3.14. The molecule has 4 atom stereocenters. The van der Waals surface area contributed by atoms with Gasteiger partial charge in [-0.25, -0.2) is 9.38 Å². The highest BCUT2D eigenvalue weighted by atomic mass is 19.1. The molecule has 1 saturated carbocycles. The lowest BCUT2D eigenvalue weighted by Crippen LogP contribution is -2.36. The van der Waals surface area contributed by atoms with Gasteiger partial charge in [0.2, 0.25) is 0 Å². The summed E-state index contributed by atoms with van der Waals surface area (Å²) in [5.41, 5.74) is 6.50. The highest BCUT2D eigenvalue weighted by molar-refractivity contribution is 5.80. The van der Waals surface area contributed by atoms with Gasteiger partial charge in [-0.2, -0.15) is 0 Å². The fraction of sp³-hybridized carbons (Fsp3) is 0.562. The normalized spacial score (nSPS) is 33.3. The van der Waals surface area contributed by atoms with E-state index in [4.69, 9.17) is 10.5 Å². The number of hydrogen-bond acceptors (Lipinski definition) is 4. The SMILES string of the molecule is COc1ccc(F)c([C@H]2[C@H](C3N=C(N)NC3C)C2(C)C)c1. The number of rotatable bonds is 3. The molecule has 1 aliphatic heterocycles. The highest BCUT2D eigenvalue weighted by Gasteiger charge is 2.63. The Morgan fingerprint density at radius 2 is 2.10 bits per heavy atom. The monoisotopic (exact) mass is 291 g/mol. The summed E-state index contributed by atoms with van der Waals surface area (Å²) < 4.78 is 19.5. The van der Waals surface area contributed by atoms with Crippen LogP contribution in [-0.4, -0.2) is 25.2 Å². The van der Waals surface area contributed by atoms with Crippen LogP contribution in [0.15, 0.2) is 23.2 Å². The van der Waals surface area contributed by atoms with Crippen molar-refractivity contribution in [2.45, 2.75) is 38.8 Å². The van der Waals surface area contributed by atoms with Crippen LogP contribution >= 0.6 is 0 Å². The number of ether oxygens (including phenoxy) is 1. The third-order valence-corrected chi connectivity index (χ3v) is 4.99. The molecular formula is C16H22FN3O. The van der Waals surface area contributed by atoms with E-state index in [-0.39, 0.29) is 35.2 Å². The molecule has 1 aromatic carbocycles. The maximum atomic E-state index is 14.2. The summed E-state index contributed by atoms with van der Waals surface area (Å²) in [7, 11) is 1.60. The van der Waals surface area contributed by atoms with E-state index >= 15 is 0 Å². The largest absolute Gasteiger partial charge is 0.497 e. The minimum Gasteiger partial charge on any atom is -0.497 e. The van der Waals surface area contributed by atoms with Crippen LogP contribution in [0.5, 0.6) is 5.75 Å². The van der Waals surface area contributed by atoms with E-state index in [0.29, 0.717) is 11.7 Å². The van der Waals surface area contributed by atoms with Gasteiger partial charge in [-0.3, -0.25) is 0 Å². The first kappa shape index (κ1) is 14.2. The molecule has 21 heavy (non-hydrogen) atoms. The molecule has 1 aromatic rings. The third kappa shape index (κ3) is 2.15. The summed E-state index contributed by atoms with van der Waals surface area (Å²) in [5.74, 6) is 1.42. The summed E-state index contributed by atoms with van der Waals surface area (Å²) in [6, 6.07) is 5.22. The molecule has 1 heterocycles. The van der Waals surface area contributed by atoms with Gasteiger partial charge in [-0.1, -0.05) is 13.8 Å². The molecule has 2 unspecified atom stereocenters. The number of nitrogens with one attached hydrogen (secondary N) is 1. The van der Waals surface area contributed by atoms with Crippen molar-refractivity contribution in [1.82, 2.24) is 5.32 Å². The average Bonchev–Trinajstić information content (AvgIpc) is 2.81. The topological polar surface area (TPSA) is 59.6 Å². The molecule has 5 heteroatoms. The zero-order valence-corrected chi connectivity index (χ0v) is 12.9. The Hall–Kier alpha value is -1.78. The number of hydrogen-bond donors (Lipinski definition) is 2. The van der Waals surface area contributed by atoms with E-state index in [0.717, 1.165) is 5.56 Å². The molecule has 0 amide bonds. The second kappa shape index (κ2) is 4.61. The summed E-state index contributed by atoms with van der Waals surface area (Å²) >= 11 is 0. The van der Waals surface area contributed by atoms with Crippen molar-refractivity contribution in [3.63, 3.8) is 0 Å². The van der Waals surface area contributed by atoms with Crippen molar-refractivity contribution < 1.29 is 9.13 Å². The quantitative estimate of drug-likeness (QED) is 0.898. The number of guanidine groups is 1. The molecule has 2 aliphatic rings. The van der Waals surface area contributed by atoms with E-state index < -0.39 is 0 Å². The molecule has 0 bridgehead atoms. The lowest BCUT2D eigenvalue weighted by Gasteiger charge is -2.14. The lowest BCUT2D eigenvalue weighted by atomic mass is 10.00. The fourth-order valence-corrected chi connectivity index (χ4v) is 3.82. The second-order valence-electron chi connectivity index (χ2n) is 6.65. The third-order valence-electron chi connectivity index (χ3n) is 4.99. The highest BCUT2D eigenvalue weighted by Crippen LogP contribution is 2.67. The molecule has 114 valence electrons. The summed E-state index contributed by atoms with van der Waals surface area (Å²) in [4.78, 5) is 4.50. The molecule has 3 rings (SSSR count). The van der Waals surface area contributed by atoms with Gasteiger partial charge in [0.25, 0.3) is 0 Å². The van der Waals surface area contributed by atoms with Gasteiger partial charge in [0.1, 0.15) is 11.6 Å². The van der Waals surface area contributed by atoms with Crippen LogP contribution in [0.25, 0.3) is 0 Å². The van der Waals surface area contributed by atoms with E-state index in [9.17, 15) is 4.39 Å². The van der Waals surface area contributed by atoms with E-state index in [1.165, 1.54) is 6.07 Å². The standard InChI is InChI=1S/C16H22FN3O/c1-8-14(20-15(18)19-8)13-12(16(13,2)3)10-7-9(21-4)5-6-11(10)17/h5-8,12-14H,1-4H3,(H3,18,19,20)/t8?,12-,13+,14?/m0/s1. The molecule has 1 fully saturated rings. The molecule has 4 nitrogen and oxygen atoms in total. The molecule has 0 saturated heterocycles. The first-order chi connectivity index (χ1) is 9.86. The Morgan fingerprint density at radius 1 is 1.38 bits per heavy atom. The Bertz CT molecular complexity index is 599. The average molecular weight is 291 g/mol. The summed E-state index contributed by atoms with van der Waals surface area (Å²) in [6.07, 6.45) is 0. The van der Waals surface area contributed by atoms with Gasteiger partial charge < -0.3 is 15.8 Å². The minimum absolute atomic E-state index is 0.00192. The predicted molar refractivity (Wildman–Crippen MR) is 81.0 cm³/mol. The van der Waals surface area contributed by atoms with Crippen LogP contribution in [0.3, 0.4) is 0 Å². The van der Waals surface area contributed by atoms with Gasteiger partial charge in [0.15, 0.2) is 5.96 Å². The Kier molecular flexibility index (Phi) is 3.11. The number of halogens is 1. The zero-order chi connectivity index (χ0) is 15.4. The molecule has 3 N–H and O–H groups in total. The van der Waals surface area contributed by atoms with E-state index in [2.05, 4.69) is 31.1 Å². The maximum absolute atomic E-state index is 14.2. The Morgan fingerprint density at radius 3 is 2.67 bits per heavy atom. The van der Waals surface area contributed by atoms with E-state index in [1.54, 1.807) is 13.2 Å². The first-order valence-corrected chi connectivity index (χ1v) is 7.29. The predicted octanol–water partition coefficient (Wildman–Crippen LogP) is 2.25. The van der Waals surface area contributed by atoms with Crippen LogP contribution in [0.4, 0.5) is 4.39 Å². The first-order valence-electron chi connectivity index (χ1n) is 7.29. The number of methoxy groups -OCH3 is 1. The van der Waals surface area contributed by atoms with Crippen molar-refractivity contribution in [3.8, 4) is 5.75 Å². The van der Waals surface area contributed by atoms with Crippen molar-refractivity contribution in [1.29, 1.82) is 0 Å². The zero-order valence-electron chi connectivity index (χ0n) is 12.9. The van der Waals surface area contributed by atoms with Crippen molar-refractivity contribution >= 4 is 5.96 Å². The second-order valence-corrected chi connectivity index (χ2v) is 6.65. The van der Waals surface area contributed by atoms with E-state index in [1.807, 2.05) is 6.07 Å². The molecule has 0 spiro atoms. The lowest BCUT2D eigenvalue weighted by molar-refractivity contribution is 0.412. The van der Waals surface area contributed by atoms with Gasteiger partial charge in [0.05, 0.1) is 13.2 Å². The van der Waals surface area contributed by atoms with Crippen molar-refractivity contribution in [2.75, 3.05) is 7.11 Å². The number of nitrogens with two attached hydrogens (primary N) is 1. The van der Waals surface area contributed by atoms with Crippen LogP contribution in [-0.2, 0) is 0 Å².